The molecule has 3 aromatic rings. The molecule has 0 bridgehead atoms. The summed E-state index contributed by atoms with van der Waals surface area (Å²) in [5.74, 6) is -2.66. The minimum atomic E-state index is -4.51. The van der Waals surface area contributed by atoms with Gasteiger partial charge in [-0.3, -0.25) is 4.79 Å². The van der Waals surface area contributed by atoms with Gasteiger partial charge in [-0.1, -0.05) is 6.07 Å². The second-order valence-corrected chi connectivity index (χ2v) is 6.25. The Balaban J connectivity index is 1.98. The highest BCUT2D eigenvalue weighted by molar-refractivity contribution is 6.06. The van der Waals surface area contributed by atoms with E-state index < -0.39 is 29.3 Å². The number of aromatic nitrogens is 2. The third-order valence-electron chi connectivity index (χ3n) is 4.43. The summed E-state index contributed by atoms with van der Waals surface area (Å²) < 4.78 is 66.9. The van der Waals surface area contributed by atoms with Crippen molar-refractivity contribution < 1.29 is 26.7 Å². The molecular formula is C20H16F5N3O. The number of nitrogens with zero attached hydrogens (tertiary/aromatic N) is 3. The first-order valence-electron chi connectivity index (χ1n) is 8.62. The molecule has 0 radical (unpaired) electrons. The molecule has 1 amide bonds. The van der Waals surface area contributed by atoms with Gasteiger partial charge in [0.25, 0.3) is 5.91 Å². The highest BCUT2D eigenvalue weighted by atomic mass is 19.4. The van der Waals surface area contributed by atoms with Gasteiger partial charge in [-0.15, -0.1) is 0 Å². The van der Waals surface area contributed by atoms with E-state index in [9.17, 15) is 26.7 Å². The van der Waals surface area contributed by atoms with Crippen LogP contribution in [0.25, 0.3) is 5.69 Å². The Kier molecular flexibility index (Phi) is 5.41. The molecule has 0 saturated heterocycles. The molecule has 0 fully saturated rings. The SMILES string of the molecule is CCN(C(=O)c1cnn(-c2cccc(C(F)(F)F)c2)c1C)c1ccc(F)c(F)c1. The standard InChI is InChI=1S/C20H16F5N3O/c1-3-27(14-7-8-17(21)18(22)10-14)19(29)16-11-26-28(12(16)2)15-6-4-5-13(9-15)20(23,24)25/h4-11H,3H2,1-2H3. The van der Waals surface area contributed by atoms with Crippen molar-refractivity contribution in [1.29, 1.82) is 0 Å². The number of alkyl halides is 3. The summed E-state index contributed by atoms with van der Waals surface area (Å²) in [6.07, 6.45) is -3.28. The Hall–Kier alpha value is -3.23. The van der Waals surface area contributed by atoms with Gasteiger partial charge in [-0.25, -0.2) is 13.5 Å². The summed E-state index contributed by atoms with van der Waals surface area (Å²) >= 11 is 0. The van der Waals surface area contributed by atoms with Crippen molar-refractivity contribution in [3.8, 4) is 5.69 Å². The summed E-state index contributed by atoms with van der Waals surface area (Å²) in [7, 11) is 0. The van der Waals surface area contributed by atoms with Gasteiger partial charge in [0.15, 0.2) is 11.6 Å². The van der Waals surface area contributed by atoms with Crippen molar-refractivity contribution in [2.24, 2.45) is 0 Å². The lowest BCUT2D eigenvalue weighted by atomic mass is 10.1. The molecular weight excluding hydrogens is 393 g/mol. The molecule has 9 heteroatoms. The second kappa shape index (κ2) is 7.65. The molecule has 1 heterocycles. The van der Waals surface area contributed by atoms with E-state index in [1.54, 1.807) is 13.8 Å². The average Bonchev–Trinajstić information content (AvgIpc) is 3.06. The summed E-state index contributed by atoms with van der Waals surface area (Å²) in [4.78, 5) is 14.2. The fourth-order valence-electron chi connectivity index (χ4n) is 2.94. The van der Waals surface area contributed by atoms with Crippen molar-refractivity contribution in [2.75, 3.05) is 11.4 Å². The lowest BCUT2D eigenvalue weighted by Gasteiger charge is -2.21. The number of hydrogen-bond donors (Lipinski definition) is 0. The zero-order chi connectivity index (χ0) is 21.3. The van der Waals surface area contributed by atoms with Gasteiger partial charge in [0.1, 0.15) is 0 Å². The molecule has 2 aromatic carbocycles. The molecule has 1 aromatic heterocycles. The van der Waals surface area contributed by atoms with Crippen LogP contribution in [0.5, 0.6) is 0 Å². The minimum Gasteiger partial charge on any atom is -0.308 e. The van der Waals surface area contributed by atoms with Gasteiger partial charge in [0.2, 0.25) is 0 Å². The first-order chi connectivity index (χ1) is 13.6. The molecule has 29 heavy (non-hydrogen) atoms. The normalized spacial score (nSPS) is 11.6. The molecule has 3 rings (SSSR count). The minimum absolute atomic E-state index is 0.133. The van der Waals surface area contributed by atoms with E-state index in [1.165, 1.54) is 34.0 Å². The fourth-order valence-corrected chi connectivity index (χ4v) is 2.94. The van der Waals surface area contributed by atoms with Crippen LogP contribution in [0.4, 0.5) is 27.6 Å². The summed E-state index contributed by atoms with van der Waals surface area (Å²) in [5, 5.41) is 4.04. The Labute approximate surface area is 163 Å². The van der Waals surface area contributed by atoms with Crippen LogP contribution in [0.1, 0.15) is 28.5 Å². The Morgan fingerprint density at radius 2 is 1.83 bits per heavy atom. The summed E-state index contributed by atoms with van der Waals surface area (Å²) in [6.45, 7) is 3.36. The predicted octanol–water partition coefficient (Wildman–Crippen LogP) is 5.14. The largest absolute Gasteiger partial charge is 0.416 e. The predicted molar refractivity (Wildman–Crippen MR) is 97.0 cm³/mol. The Morgan fingerprint density at radius 1 is 1.10 bits per heavy atom. The van der Waals surface area contributed by atoms with E-state index in [0.717, 1.165) is 24.3 Å². The number of rotatable bonds is 4. The molecule has 0 atom stereocenters. The molecule has 0 N–H and O–H groups in total. The van der Waals surface area contributed by atoms with E-state index in [2.05, 4.69) is 5.10 Å². The third-order valence-corrected chi connectivity index (χ3v) is 4.43. The molecule has 0 unspecified atom stereocenters. The van der Waals surface area contributed by atoms with Crippen molar-refractivity contribution >= 4 is 11.6 Å². The van der Waals surface area contributed by atoms with Gasteiger partial charge in [0, 0.05) is 18.3 Å². The van der Waals surface area contributed by atoms with E-state index in [0.29, 0.717) is 5.69 Å². The highest BCUT2D eigenvalue weighted by Gasteiger charge is 2.31. The zero-order valence-corrected chi connectivity index (χ0v) is 15.5. The van der Waals surface area contributed by atoms with E-state index in [1.807, 2.05) is 0 Å². The Morgan fingerprint density at radius 3 is 2.45 bits per heavy atom. The molecule has 0 saturated carbocycles. The lowest BCUT2D eigenvalue weighted by molar-refractivity contribution is -0.137. The number of anilines is 1. The summed E-state index contributed by atoms with van der Waals surface area (Å²) in [5.41, 5.74) is -0.0889. The fraction of sp³-hybridized carbons (Fsp3) is 0.200. The van der Waals surface area contributed by atoms with Crippen LogP contribution < -0.4 is 4.90 Å². The van der Waals surface area contributed by atoms with Crippen molar-refractivity contribution in [1.82, 2.24) is 9.78 Å². The number of amides is 1. The monoisotopic (exact) mass is 409 g/mol. The van der Waals surface area contributed by atoms with Crippen LogP contribution in [0, 0.1) is 18.6 Å². The van der Waals surface area contributed by atoms with Gasteiger partial charge < -0.3 is 4.90 Å². The van der Waals surface area contributed by atoms with Crippen molar-refractivity contribution in [2.45, 2.75) is 20.0 Å². The van der Waals surface area contributed by atoms with E-state index >= 15 is 0 Å². The molecule has 4 nitrogen and oxygen atoms in total. The van der Waals surface area contributed by atoms with Crippen molar-refractivity contribution in [3.63, 3.8) is 0 Å². The average molecular weight is 409 g/mol. The number of hydrogen-bond acceptors (Lipinski definition) is 2. The second-order valence-electron chi connectivity index (χ2n) is 6.25. The van der Waals surface area contributed by atoms with E-state index in [-0.39, 0.29) is 23.5 Å². The Bertz CT molecular complexity index is 1060. The maximum Gasteiger partial charge on any atom is 0.416 e. The number of benzene rings is 2. The number of carbonyl (C=O) groups excluding carboxylic acids is 1. The maximum absolute atomic E-state index is 13.6. The smallest absolute Gasteiger partial charge is 0.308 e. The van der Waals surface area contributed by atoms with Gasteiger partial charge in [-0.05, 0) is 44.2 Å². The van der Waals surface area contributed by atoms with Crippen molar-refractivity contribution in [3.05, 3.63) is 77.1 Å². The molecule has 152 valence electrons. The maximum atomic E-state index is 13.6. The zero-order valence-electron chi connectivity index (χ0n) is 15.5. The van der Waals surface area contributed by atoms with Gasteiger partial charge in [-0.2, -0.15) is 18.3 Å². The molecule has 0 aliphatic carbocycles. The third kappa shape index (κ3) is 3.98. The lowest BCUT2D eigenvalue weighted by Crippen LogP contribution is -2.31. The van der Waals surface area contributed by atoms with Crippen LogP contribution in [-0.2, 0) is 6.18 Å². The van der Waals surface area contributed by atoms with Crippen LogP contribution in [0.15, 0.2) is 48.7 Å². The molecule has 0 aliphatic rings. The first kappa shape index (κ1) is 20.5. The first-order valence-corrected chi connectivity index (χ1v) is 8.62. The van der Waals surface area contributed by atoms with Crippen LogP contribution >= 0.6 is 0 Å². The quantitative estimate of drug-likeness (QED) is 0.560. The van der Waals surface area contributed by atoms with Crippen LogP contribution in [-0.4, -0.2) is 22.2 Å². The molecule has 0 spiro atoms. The van der Waals surface area contributed by atoms with Gasteiger partial charge >= 0.3 is 6.18 Å². The van der Waals surface area contributed by atoms with E-state index in [4.69, 9.17) is 0 Å². The van der Waals surface area contributed by atoms with Crippen LogP contribution in [0.2, 0.25) is 0 Å². The number of carbonyl (C=O) groups is 1. The topological polar surface area (TPSA) is 38.1 Å². The van der Waals surface area contributed by atoms with Crippen LogP contribution in [0.3, 0.4) is 0 Å². The van der Waals surface area contributed by atoms with Gasteiger partial charge in [0.05, 0.1) is 28.7 Å². The summed E-state index contributed by atoms with van der Waals surface area (Å²) in [6, 6.07) is 7.66. The molecule has 0 aliphatic heterocycles. The highest BCUT2D eigenvalue weighted by Crippen LogP contribution is 2.31. The number of halogens is 5.